The van der Waals surface area contributed by atoms with Gasteiger partial charge in [-0.2, -0.15) is 0 Å². The quantitative estimate of drug-likeness (QED) is 0.289. The fourth-order valence-electron chi connectivity index (χ4n) is 3.22. The van der Waals surface area contributed by atoms with Gasteiger partial charge in [-0.25, -0.2) is 9.38 Å². The number of anilines is 2. The first-order valence-corrected chi connectivity index (χ1v) is 11.4. The van der Waals surface area contributed by atoms with Crippen molar-refractivity contribution in [3.63, 3.8) is 0 Å². The Hall–Kier alpha value is -4.31. The number of non-ortho nitro benzene ring substituents is 1. The summed E-state index contributed by atoms with van der Waals surface area (Å²) in [6, 6.07) is 20.1. The van der Waals surface area contributed by atoms with Gasteiger partial charge in [0.2, 0.25) is 5.91 Å². The zero-order valence-electron chi connectivity index (χ0n) is 18.4. The van der Waals surface area contributed by atoms with Gasteiger partial charge < -0.3 is 5.32 Å². The first kappa shape index (κ1) is 23.8. The van der Waals surface area contributed by atoms with E-state index in [4.69, 9.17) is 0 Å². The van der Waals surface area contributed by atoms with E-state index < -0.39 is 21.9 Å². The Balaban J connectivity index is 1.57. The van der Waals surface area contributed by atoms with Crippen LogP contribution in [0, 0.1) is 15.9 Å². The van der Waals surface area contributed by atoms with Crippen molar-refractivity contribution in [1.29, 1.82) is 0 Å². The van der Waals surface area contributed by atoms with E-state index in [0.29, 0.717) is 11.4 Å². The van der Waals surface area contributed by atoms with Crippen molar-refractivity contribution < 1.29 is 18.9 Å². The number of rotatable bonds is 6. The Labute approximate surface area is 204 Å². The molecule has 3 aromatic rings. The molecule has 1 aliphatic rings. The van der Waals surface area contributed by atoms with Crippen LogP contribution >= 0.6 is 11.8 Å². The van der Waals surface area contributed by atoms with Gasteiger partial charge in [-0.15, -0.1) is 0 Å². The van der Waals surface area contributed by atoms with E-state index in [1.54, 1.807) is 13.0 Å². The summed E-state index contributed by atoms with van der Waals surface area (Å²) in [5.41, 5.74) is 1.71. The summed E-state index contributed by atoms with van der Waals surface area (Å²) in [6.45, 7) is 1.65. The molecular formula is C25H19FN4O4S. The number of amidine groups is 1. The second-order valence-electron chi connectivity index (χ2n) is 7.50. The molecule has 1 unspecified atom stereocenters. The first-order valence-electron chi connectivity index (χ1n) is 10.5. The van der Waals surface area contributed by atoms with Crippen LogP contribution in [0.2, 0.25) is 0 Å². The van der Waals surface area contributed by atoms with Crippen molar-refractivity contribution >= 4 is 51.9 Å². The van der Waals surface area contributed by atoms with Crippen LogP contribution in [0.1, 0.15) is 12.5 Å². The van der Waals surface area contributed by atoms with Gasteiger partial charge in [0, 0.05) is 17.8 Å². The fraction of sp³-hybridized carbons (Fsp3) is 0.0800. The van der Waals surface area contributed by atoms with E-state index in [0.717, 1.165) is 17.3 Å². The number of aliphatic imine (C=N–C) groups is 1. The number of nitrogens with zero attached hydrogens (tertiary/aromatic N) is 3. The predicted octanol–water partition coefficient (Wildman–Crippen LogP) is 5.24. The van der Waals surface area contributed by atoms with Crippen LogP contribution in [-0.4, -0.2) is 27.2 Å². The number of hydrogen-bond donors (Lipinski definition) is 1. The molecule has 0 fully saturated rings. The summed E-state index contributed by atoms with van der Waals surface area (Å²) in [4.78, 5) is 42.1. The van der Waals surface area contributed by atoms with Crippen LogP contribution in [0.15, 0.2) is 89.6 Å². The molecule has 10 heteroatoms. The van der Waals surface area contributed by atoms with Crippen molar-refractivity contribution in [3.05, 3.63) is 106 Å². The van der Waals surface area contributed by atoms with Crippen LogP contribution < -0.4 is 10.2 Å². The van der Waals surface area contributed by atoms with E-state index in [1.807, 2.05) is 30.3 Å². The summed E-state index contributed by atoms with van der Waals surface area (Å²) >= 11 is 1.07. The smallest absolute Gasteiger partial charge is 0.283 e. The monoisotopic (exact) mass is 490 g/mol. The summed E-state index contributed by atoms with van der Waals surface area (Å²) in [5.74, 6) is -1.22. The highest BCUT2D eigenvalue weighted by Crippen LogP contribution is 2.31. The van der Waals surface area contributed by atoms with Crippen molar-refractivity contribution in [1.82, 2.24) is 0 Å². The zero-order chi connectivity index (χ0) is 24.9. The normalized spacial score (nSPS) is 15.1. The van der Waals surface area contributed by atoms with Gasteiger partial charge >= 0.3 is 0 Å². The molecule has 1 atom stereocenters. The van der Waals surface area contributed by atoms with Gasteiger partial charge in [0.15, 0.2) is 5.17 Å². The number of nitro groups is 1. The van der Waals surface area contributed by atoms with Crippen LogP contribution in [-0.2, 0) is 9.59 Å². The Bertz CT molecular complexity index is 1330. The van der Waals surface area contributed by atoms with Crippen LogP contribution in [0.4, 0.5) is 21.5 Å². The maximum Gasteiger partial charge on any atom is 0.283 e. The minimum atomic E-state index is -0.671. The van der Waals surface area contributed by atoms with Gasteiger partial charge in [-0.05, 0) is 55.0 Å². The molecule has 0 aliphatic carbocycles. The molecule has 176 valence electrons. The maximum atomic E-state index is 13.5. The Morgan fingerprint density at radius 2 is 1.74 bits per heavy atom. The molecule has 8 nitrogen and oxygen atoms in total. The number of amides is 2. The summed E-state index contributed by atoms with van der Waals surface area (Å²) in [5, 5.41) is 13.1. The van der Waals surface area contributed by atoms with Crippen LogP contribution in [0.25, 0.3) is 6.08 Å². The number of nitrogens with one attached hydrogen (secondary N) is 1. The molecule has 2 amide bonds. The van der Waals surface area contributed by atoms with Crippen molar-refractivity contribution in [2.24, 2.45) is 4.99 Å². The predicted molar refractivity (Wildman–Crippen MR) is 135 cm³/mol. The van der Waals surface area contributed by atoms with Crippen molar-refractivity contribution in [3.8, 4) is 0 Å². The standard InChI is InChI=1S/C25H19FN4O4S/c1-16(23(31)27-19-9-13-21(14-10-19)30(33)34)35-25-28-22(15-17-5-3-2-4-6-17)24(32)29(25)20-11-7-18(26)8-12-20/h2-16H,1H3,(H,27,31)/b22-15-. The molecule has 1 N–H and O–H groups in total. The summed E-state index contributed by atoms with van der Waals surface area (Å²) in [6.07, 6.45) is 1.65. The largest absolute Gasteiger partial charge is 0.325 e. The number of benzene rings is 3. The van der Waals surface area contributed by atoms with E-state index in [1.165, 1.54) is 53.4 Å². The maximum absolute atomic E-state index is 13.5. The molecule has 3 aromatic carbocycles. The molecule has 0 aromatic heterocycles. The molecule has 4 rings (SSSR count). The molecule has 0 spiro atoms. The molecule has 0 saturated heterocycles. The third-order valence-corrected chi connectivity index (χ3v) is 6.07. The van der Waals surface area contributed by atoms with Crippen molar-refractivity contribution in [2.75, 3.05) is 10.2 Å². The SMILES string of the molecule is CC(SC1=N/C(=C\c2ccccc2)C(=O)N1c1ccc(F)cc1)C(=O)Nc1ccc([N+](=O)[O-])cc1. The first-order chi connectivity index (χ1) is 16.8. The summed E-state index contributed by atoms with van der Waals surface area (Å²) < 4.78 is 13.5. The van der Waals surface area contributed by atoms with E-state index in [9.17, 15) is 24.1 Å². The van der Waals surface area contributed by atoms with Crippen LogP contribution in [0.3, 0.4) is 0 Å². The lowest BCUT2D eigenvalue weighted by molar-refractivity contribution is -0.384. The molecule has 35 heavy (non-hydrogen) atoms. The third kappa shape index (κ3) is 5.61. The van der Waals surface area contributed by atoms with Gasteiger partial charge in [0.05, 0.1) is 15.9 Å². The lowest BCUT2D eigenvalue weighted by Crippen LogP contribution is -2.33. The van der Waals surface area contributed by atoms with Crippen molar-refractivity contribution in [2.45, 2.75) is 12.2 Å². The molecule has 0 radical (unpaired) electrons. The Morgan fingerprint density at radius 1 is 1.09 bits per heavy atom. The molecule has 1 aliphatic heterocycles. The Kier molecular flexibility index (Phi) is 7.02. The number of hydrogen-bond acceptors (Lipinski definition) is 6. The second-order valence-corrected chi connectivity index (χ2v) is 8.81. The molecule has 0 saturated carbocycles. The summed E-state index contributed by atoms with van der Waals surface area (Å²) in [7, 11) is 0. The molecular weight excluding hydrogens is 471 g/mol. The molecule has 0 bridgehead atoms. The van der Waals surface area contributed by atoms with E-state index in [2.05, 4.69) is 10.3 Å². The lowest BCUT2D eigenvalue weighted by atomic mass is 10.2. The highest BCUT2D eigenvalue weighted by atomic mass is 32.2. The van der Waals surface area contributed by atoms with Crippen LogP contribution in [0.5, 0.6) is 0 Å². The van der Waals surface area contributed by atoms with Gasteiger partial charge in [0.1, 0.15) is 11.5 Å². The average molecular weight is 491 g/mol. The van der Waals surface area contributed by atoms with E-state index in [-0.39, 0.29) is 22.5 Å². The lowest BCUT2D eigenvalue weighted by Gasteiger charge is -2.20. The third-order valence-electron chi connectivity index (χ3n) is 5.01. The topological polar surface area (TPSA) is 105 Å². The number of halogens is 1. The number of carbonyl (C=O) groups excluding carboxylic acids is 2. The fourth-order valence-corrected chi connectivity index (χ4v) is 4.15. The highest BCUT2D eigenvalue weighted by Gasteiger charge is 2.34. The minimum Gasteiger partial charge on any atom is -0.325 e. The minimum absolute atomic E-state index is 0.0862. The number of thioether (sulfide) groups is 1. The average Bonchev–Trinajstić information content (AvgIpc) is 3.14. The highest BCUT2D eigenvalue weighted by molar-refractivity contribution is 8.15. The number of carbonyl (C=O) groups is 2. The molecule has 1 heterocycles. The van der Waals surface area contributed by atoms with Gasteiger partial charge in [-0.1, -0.05) is 42.1 Å². The zero-order valence-corrected chi connectivity index (χ0v) is 19.2. The van der Waals surface area contributed by atoms with Gasteiger partial charge in [0.25, 0.3) is 11.6 Å². The second kappa shape index (κ2) is 10.3. The van der Waals surface area contributed by atoms with E-state index >= 15 is 0 Å². The Morgan fingerprint density at radius 3 is 2.37 bits per heavy atom. The van der Waals surface area contributed by atoms with Gasteiger partial charge in [-0.3, -0.25) is 24.6 Å². The number of nitro benzene ring substituents is 1.